The van der Waals surface area contributed by atoms with E-state index in [-0.39, 0.29) is 5.82 Å². The molecule has 7 nitrogen and oxygen atoms in total. The third-order valence-corrected chi connectivity index (χ3v) is 5.25. The van der Waals surface area contributed by atoms with Gasteiger partial charge in [0, 0.05) is 50.2 Å². The van der Waals surface area contributed by atoms with Gasteiger partial charge in [-0.15, -0.1) is 0 Å². The molecule has 0 aliphatic carbocycles. The predicted molar refractivity (Wildman–Crippen MR) is 110 cm³/mol. The summed E-state index contributed by atoms with van der Waals surface area (Å²) in [7, 11) is 1.84. The van der Waals surface area contributed by atoms with Gasteiger partial charge in [-0.1, -0.05) is 0 Å². The number of fused-ring (bicyclic) bond motifs is 1. The van der Waals surface area contributed by atoms with Crippen LogP contribution in [0.3, 0.4) is 0 Å². The number of aromatic nitrogens is 4. The second-order valence-electron chi connectivity index (χ2n) is 7.15. The monoisotopic (exact) mass is 392 g/mol. The number of aliphatic imine (C=N–C) groups is 1. The molecular formula is C21H21FN6O. The summed E-state index contributed by atoms with van der Waals surface area (Å²) in [6.07, 6.45) is 11.7. The van der Waals surface area contributed by atoms with Gasteiger partial charge in [0.1, 0.15) is 11.6 Å². The molecule has 148 valence electrons. The highest BCUT2D eigenvalue weighted by molar-refractivity contribution is 5.89. The van der Waals surface area contributed by atoms with Crippen molar-refractivity contribution < 1.29 is 9.13 Å². The SMILES string of the molecule is Cn1cc(-c2cc(F)c3cnn(C4=CC=NC(N5CCOCC5)=CC4)c3c2)cn1. The molecule has 5 rings (SSSR count). The number of ether oxygens (including phenoxy) is 1. The van der Waals surface area contributed by atoms with Gasteiger partial charge in [-0.2, -0.15) is 10.2 Å². The smallest absolute Gasteiger partial charge is 0.134 e. The molecule has 4 heterocycles. The summed E-state index contributed by atoms with van der Waals surface area (Å²) in [5.74, 6) is 0.651. The van der Waals surface area contributed by atoms with Crippen molar-refractivity contribution in [2.24, 2.45) is 12.0 Å². The highest BCUT2D eigenvalue weighted by atomic mass is 19.1. The first-order chi connectivity index (χ1) is 14.2. The number of aryl methyl sites for hydroxylation is 1. The molecular weight excluding hydrogens is 371 g/mol. The fraction of sp³-hybridized carbons (Fsp3) is 0.286. The standard InChI is InChI=1S/C21H21FN6O/c1-26-14-16(12-24-26)15-10-19(22)18-13-25-28(20(18)11-15)17-2-3-21(23-5-4-17)27-6-8-29-9-7-27/h3-5,10-14H,2,6-9H2,1H3. The van der Waals surface area contributed by atoms with Gasteiger partial charge in [0.2, 0.25) is 0 Å². The Morgan fingerprint density at radius 3 is 2.72 bits per heavy atom. The van der Waals surface area contributed by atoms with Gasteiger partial charge in [0.05, 0.1) is 36.5 Å². The lowest BCUT2D eigenvalue weighted by Gasteiger charge is -2.28. The molecule has 29 heavy (non-hydrogen) atoms. The van der Waals surface area contributed by atoms with E-state index in [9.17, 15) is 4.39 Å². The zero-order valence-corrected chi connectivity index (χ0v) is 16.1. The number of allylic oxidation sites excluding steroid dienone is 3. The second kappa shape index (κ2) is 7.29. The first kappa shape index (κ1) is 17.8. The number of nitrogens with zero attached hydrogens (tertiary/aromatic N) is 6. The van der Waals surface area contributed by atoms with Gasteiger partial charge >= 0.3 is 0 Å². The first-order valence-electron chi connectivity index (χ1n) is 9.62. The number of halogens is 1. The van der Waals surface area contributed by atoms with Crippen molar-refractivity contribution >= 4 is 22.8 Å². The average molecular weight is 392 g/mol. The van der Waals surface area contributed by atoms with Crippen molar-refractivity contribution in [3.8, 4) is 11.1 Å². The lowest BCUT2D eigenvalue weighted by Crippen LogP contribution is -2.35. The molecule has 3 aromatic rings. The summed E-state index contributed by atoms with van der Waals surface area (Å²) in [6.45, 7) is 3.10. The van der Waals surface area contributed by atoms with Gasteiger partial charge in [0.15, 0.2) is 0 Å². The maximum atomic E-state index is 14.7. The molecule has 0 spiro atoms. The van der Waals surface area contributed by atoms with Crippen molar-refractivity contribution in [2.75, 3.05) is 26.3 Å². The lowest BCUT2D eigenvalue weighted by atomic mass is 10.1. The number of hydrogen-bond acceptors (Lipinski definition) is 5. The molecule has 0 saturated carbocycles. The quantitative estimate of drug-likeness (QED) is 0.687. The Balaban J connectivity index is 1.50. The summed E-state index contributed by atoms with van der Waals surface area (Å²) in [6, 6.07) is 3.49. The van der Waals surface area contributed by atoms with Gasteiger partial charge in [0.25, 0.3) is 0 Å². The minimum Gasteiger partial charge on any atom is -0.378 e. The highest BCUT2D eigenvalue weighted by Gasteiger charge is 2.17. The van der Waals surface area contributed by atoms with E-state index in [1.165, 1.54) is 6.07 Å². The molecule has 1 fully saturated rings. The van der Waals surface area contributed by atoms with E-state index in [0.717, 1.165) is 41.3 Å². The molecule has 2 aliphatic rings. The minimum absolute atomic E-state index is 0.292. The number of morpholine rings is 1. The lowest BCUT2D eigenvalue weighted by molar-refractivity contribution is 0.0531. The molecule has 0 atom stereocenters. The Morgan fingerprint density at radius 2 is 1.93 bits per heavy atom. The van der Waals surface area contributed by atoms with Gasteiger partial charge in [-0.05, 0) is 29.8 Å². The van der Waals surface area contributed by atoms with Crippen LogP contribution in [0.4, 0.5) is 4.39 Å². The van der Waals surface area contributed by atoms with E-state index in [1.807, 2.05) is 25.4 Å². The molecule has 0 unspecified atom stereocenters. The third kappa shape index (κ3) is 3.36. The van der Waals surface area contributed by atoms with Crippen molar-refractivity contribution in [3.05, 3.63) is 54.5 Å². The molecule has 0 radical (unpaired) electrons. The van der Waals surface area contributed by atoms with E-state index in [2.05, 4.69) is 26.2 Å². The number of rotatable bonds is 3. The van der Waals surface area contributed by atoms with E-state index in [1.54, 1.807) is 28.0 Å². The number of benzene rings is 1. The Kier molecular flexibility index (Phi) is 4.48. The van der Waals surface area contributed by atoms with E-state index >= 15 is 0 Å². The van der Waals surface area contributed by atoms with Crippen LogP contribution in [0.25, 0.3) is 27.7 Å². The normalized spacial score (nSPS) is 17.4. The predicted octanol–water partition coefficient (Wildman–Crippen LogP) is 3.06. The Labute approximate surface area is 167 Å². The average Bonchev–Trinajstić information content (AvgIpc) is 3.28. The summed E-state index contributed by atoms with van der Waals surface area (Å²) in [4.78, 5) is 6.80. The number of hydrogen-bond donors (Lipinski definition) is 0. The molecule has 1 saturated heterocycles. The molecule has 0 bridgehead atoms. The largest absolute Gasteiger partial charge is 0.378 e. The van der Waals surface area contributed by atoms with Crippen LogP contribution in [0.5, 0.6) is 0 Å². The molecule has 2 aromatic heterocycles. The minimum atomic E-state index is -0.292. The van der Waals surface area contributed by atoms with Crippen LogP contribution in [-0.2, 0) is 11.8 Å². The van der Waals surface area contributed by atoms with Crippen LogP contribution in [0, 0.1) is 5.82 Å². The fourth-order valence-corrected chi connectivity index (χ4v) is 3.73. The van der Waals surface area contributed by atoms with E-state index < -0.39 is 0 Å². The summed E-state index contributed by atoms with van der Waals surface area (Å²) in [5, 5.41) is 9.15. The van der Waals surface area contributed by atoms with Gasteiger partial charge < -0.3 is 9.64 Å². The molecule has 0 amide bonds. The van der Waals surface area contributed by atoms with Crippen LogP contribution in [0.15, 0.2) is 53.7 Å². The van der Waals surface area contributed by atoms with Crippen LogP contribution >= 0.6 is 0 Å². The fourth-order valence-electron chi connectivity index (χ4n) is 3.73. The van der Waals surface area contributed by atoms with Crippen LogP contribution in [-0.4, -0.2) is 57.0 Å². The first-order valence-corrected chi connectivity index (χ1v) is 9.62. The van der Waals surface area contributed by atoms with E-state index in [0.29, 0.717) is 25.0 Å². The van der Waals surface area contributed by atoms with Gasteiger partial charge in [-0.3, -0.25) is 4.68 Å². The van der Waals surface area contributed by atoms with Gasteiger partial charge in [-0.25, -0.2) is 14.1 Å². The zero-order chi connectivity index (χ0) is 19.8. The Bertz CT molecular complexity index is 1150. The molecule has 8 heteroatoms. The summed E-state index contributed by atoms with van der Waals surface area (Å²) in [5.41, 5.74) is 3.31. The Morgan fingerprint density at radius 1 is 1.07 bits per heavy atom. The van der Waals surface area contributed by atoms with Crippen molar-refractivity contribution in [1.82, 2.24) is 24.5 Å². The summed E-state index contributed by atoms with van der Waals surface area (Å²) >= 11 is 0. The molecule has 0 N–H and O–H groups in total. The topological polar surface area (TPSA) is 60.5 Å². The van der Waals surface area contributed by atoms with Crippen molar-refractivity contribution in [2.45, 2.75) is 6.42 Å². The van der Waals surface area contributed by atoms with Crippen molar-refractivity contribution in [3.63, 3.8) is 0 Å². The van der Waals surface area contributed by atoms with Crippen LogP contribution < -0.4 is 0 Å². The maximum Gasteiger partial charge on any atom is 0.134 e. The van der Waals surface area contributed by atoms with Crippen molar-refractivity contribution in [1.29, 1.82) is 0 Å². The molecule has 2 aliphatic heterocycles. The summed E-state index contributed by atoms with van der Waals surface area (Å²) < 4.78 is 23.7. The maximum absolute atomic E-state index is 14.7. The highest BCUT2D eigenvalue weighted by Crippen LogP contribution is 2.29. The zero-order valence-electron chi connectivity index (χ0n) is 16.1. The second-order valence-corrected chi connectivity index (χ2v) is 7.15. The molecule has 1 aromatic carbocycles. The third-order valence-electron chi connectivity index (χ3n) is 5.25. The Hall–Kier alpha value is -3.26. The van der Waals surface area contributed by atoms with Crippen LogP contribution in [0.1, 0.15) is 6.42 Å². The van der Waals surface area contributed by atoms with E-state index in [4.69, 9.17) is 4.74 Å². The van der Waals surface area contributed by atoms with Crippen LogP contribution in [0.2, 0.25) is 0 Å².